The Morgan fingerprint density at radius 2 is 1.89 bits per heavy atom. The first-order valence-electron chi connectivity index (χ1n) is 6.44. The van der Waals surface area contributed by atoms with E-state index >= 15 is 0 Å². The zero-order chi connectivity index (χ0) is 14.5. The third-order valence-corrected chi connectivity index (χ3v) is 2.92. The van der Waals surface area contributed by atoms with Gasteiger partial charge in [0.15, 0.2) is 0 Å². The molecule has 2 nitrogen and oxygen atoms in total. The number of hydrogen-bond acceptors (Lipinski definition) is 2. The number of anilines is 1. The number of nitrogens with zero attached hydrogens (tertiary/aromatic N) is 1. The quantitative estimate of drug-likeness (QED) is 0.796. The van der Waals surface area contributed by atoms with Crippen LogP contribution >= 0.6 is 0 Å². The van der Waals surface area contributed by atoms with Crippen LogP contribution in [0.3, 0.4) is 0 Å². The molecule has 0 saturated heterocycles. The molecule has 0 atom stereocenters. The molecule has 0 aliphatic heterocycles. The molecule has 1 aromatic carbocycles. The predicted octanol–water partition coefficient (Wildman–Crippen LogP) is 3.66. The lowest BCUT2D eigenvalue weighted by Gasteiger charge is -2.20. The van der Waals surface area contributed by atoms with Gasteiger partial charge in [0.2, 0.25) is 0 Å². The minimum Gasteiger partial charge on any atom is -0.377 e. The molecule has 0 aliphatic carbocycles. The number of hydrogen-bond donors (Lipinski definition) is 1. The summed E-state index contributed by atoms with van der Waals surface area (Å²) in [6.45, 7) is 3.57. The largest absolute Gasteiger partial charge is 0.416 e. The van der Waals surface area contributed by atoms with Crippen LogP contribution in [-0.2, 0) is 12.7 Å². The highest BCUT2D eigenvalue weighted by molar-refractivity contribution is 5.55. The molecular weight excluding hydrogens is 253 g/mol. The Bertz CT molecular complexity index is 400. The SMILES string of the molecule is CCCCNCc1ccc(C(F)(F)F)cc1N(C)C. The highest BCUT2D eigenvalue weighted by atomic mass is 19.4. The van der Waals surface area contributed by atoms with Crippen LogP contribution in [0.5, 0.6) is 0 Å². The summed E-state index contributed by atoms with van der Waals surface area (Å²) in [5.41, 5.74) is 0.890. The van der Waals surface area contributed by atoms with Crippen LogP contribution in [-0.4, -0.2) is 20.6 Å². The van der Waals surface area contributed by atoms with Gasteiger partial charge in [-0.1, -0.05) is 19.4 Å². The summed E-state index contributed by atoms with van der Waals surface area (Å²) in [5, 5.41) is 3.25. The van der Waals surface area contributed by atoms with Crippen molar-refractivity contribution in [3.63, 3.8) is 0 Å². The van der Waals surface area contributed by atoms with E-state index in [2.05, 4.69) is 12.2 Å². The third kappa shape index (κ3) is 4.74. The fraction of sp³-hybridized carbons (Fsp3) is 0.571. The van der Waals surface area contributed by atoms with E-state index in [1.54, 1.807) is 25.1 Å². The molecule has 0 heterocycles. The maximum Gasteiger partial charge on any atom is 0.416 e. The number of alkyl halides is 3. The number of rotatable bonds is 6. The van der Waals surface area contributed by atoms with Crippen molar-refractivity contribution in [3.05, 3.63) is 29.3 Å². The first-order chi connectivity index (χ1) is 8.86. The monoisotopic (exact) mass is 274 g/mol. The van der Waals surface area contributed by atoms with Crippen LogP contribution in [0.1, 0.15) is 30.9 Å². The fourth-order valence-electron chi connectivity index (χ4n) is 1.83. The highest BCUT2D eigenvalue weighted by Crippen LogP contribution is 2.33. The van der Waals surface area contributed by atoms with E-state index in [0.29, 0.717) is 12.2 Å². The van der Waals surface area contributed by atoms with E-state index in [0.717, 1.165) is 31.0 Å². The lowest BCUT2D eigenvalue weighted by Crippen LogP contribution is -2.19. The van der Waals surface area contributed by atoms with Gasteiger partial charge in [-0.3, -0.25) is 0 Å². The standard InChI is InChI=1S/C14H21F3N2/c1-4-5-8-18-10-11-6-7-12(14(15,16)17)9-13(11)19(2)3/h6-7,9,18H,4-5,8,10H2,1-3H3. The molecule has 0 unspecified atom stereocenters. The minimum atomic E-state index is -4.29. The van der Waals surface area contributed by atoms with Crippen LogP contribution in [0, 0.1) is 0 Å². The molecule has 19 heavy (non-hydrogen) atoms. The summed E-state index contributed by atoms with van der Waals surface area (Å²) in [4.78, 5) is 1.71. The van der Waals surface area contributed by atoms with Crippen molar-refractivity contribution in [2.45, 2.75) is 32.5 Å². The van der Waals surface area contributed by atoms with Crippen LogP contribution in [0.4, 0.5) is 18.9 Å². The average Bonchev–Trinajstić information content (AvgIpc) is 2.33. The van der Waals surface area contributed by atoms with Gasteiger partial charge in [-0.2, -0.15) is 13.2 Å². The molecule has 0 radical (unpaired) electrons. The lowest BCUT2D eigenvalue weighted by molar-refractivity contribution is -0.137. The van der Waals surface area contributed by atoms with E-state index in [-0.39, 0.29) is 0 Å². The van der Waals surface area contributed by atoms with Gasteiger partial charge >= 0.3 is 6.18 Å². The third-order valence-electron chi connectivity index (χ3n) is 2.92. The summed E-state index contributed by atoms with van der Waals surface area (Å²) in [7, 11) is 3.51. The predicted molar refractivity (Wildman–Crippen MR) is 72.4 cm³/mol. The Morgan fingerprint density at radius 3 is 2.42 bits per heavy atom. The van der Waals surface area contributed by atoms with Gasteiger partial charge in [0.1, 0.15) is 0 Å². The topological polar surface area (TPSA) is 15.3 Å². The highest BCUT2D eigenvalue weighted by Gasteiger charge is 2.31. The Kier molecular flexibility index (Phi) is 5.66. The van der Waals surface area contributed by atoms with Gasteiger partial charge in [0.25, 0.3) is 0 Å². The van der Waals surface area contributed by atoms with Gasteiger partial charge in [0.05, 0.1) is 5.56 Å². The lowest BCUT2D eigenvalue weighted by atomic mass is 10.1. The molecule has 0 spiro atoms. The Balaban J connectivity index is 2.86. The van der Waals surface area contributed by atoms with Gasteiger partial charge in [-0.25, -0.2) is 0 Å². The van der Waals surface area contributed by atoms with Gasteiger partial charge in [0, 0.05) is 26.3 Å². The van der Waals surface area contributed by atoms with Gasteiger partial charge in [-0.15, -0.1) is 0 Å². The molecular formula is C14H21F3N2. The van der Waals surface area contributed by atoms with Crippen molar-refractivity contribution in [1.29, 1.82) is 0 Å². The second-order valence-electron chi connectivity index (χ2n) is 4.77. The molecule has 0 aliphatic rings. The number of benzene rings is 1. The molecule has 0 amide bonds. The second kappa shape index (κ2) is 6.80. The first kappa shape index (κ1) is 15.8. The van der Waals surface area contributed by atoms with Crippen molar-refractivity contribution < 1.29 is 13.2 Å². The first-order valence-corrected chi connectivity index (χ1v) is 6.44. The summed E-state index contributed by atoms with van der Waals surface area (Å²) >= 11 is 0. The zero-order valence-corrected chi connectivity index (χ0v) is 11.6. The molecule has 1 rings (SSSR count). The number of halogens is 3. The van der Waals surface area contributed by atoms with E-state index in [9.17, 15) is 13.2 Å². The van der Waals surface area contributed by atoms with Gasteiger partial charge < -0.3 is 10.2 Å². The Hall–Kier alpha value is -1.23. The van der Waals surface area contributed by atoms with Crippen molar-refractivity contribution in [2.24, 2.45) is 0 Å². The normalized spacial score (nSPS) is 11.7. The van der Waals surface area contributed by atoms with E-state index in [4.69, 9.17) is 0 Å². The molecule has 0 saturated carbocycles. The summed E-state index contributed by atoms with van der Waals surface area (Å²) < 4.78 is 38.0. The molecule has 5 heteroatoms. The van der Waals surface area contributed by atoms with Crippen molar-refractivity contribution in [2.75, 3.05) is 25.5 Å². The second-order valence-corrected chi connectivity index (χ2v) is 4.77. The van der Waals surface area contributed by atoms with E-state index in [1.807, 2.05) is 0 Å². The fourth-order valence-corrected chi connectivity index (χ4v) is 1.83. The Morgan fingerprint density at radius 1 is 1.21 bits per heavy atom. The van der Waals surface area contributed by atoms with Crippen molar-refractivity contribution in [1.82, 2.24) is 5.32 Å². The van der Waals surface area contributed by atoms with Crippen molar-refractivity contribution in [3.8, 4) is 0 Å². The zero-order valence-electron chi connectivity index (χ0n) is 11.6. The van der Waals surface area contributed by atoms with Crippen molar-refractivity contribution >= 4 is 5.69 Å². The summed E-state index contributed by atoms with van der Waals surface area (Å²) in [6.07, 6.45) is -2.13. The Labute approximate surface area is 112 Å². The molecule has 0 aromatic heterocycles. The van der Waals surface area contributed by atoms with E-state index in [1.165, 1.54) is 6.07 Å². The van der Waals surface area contributed by atoms with Crippen LogP contribution in [0.25, 0.3) is 0 Å². The minimum absolute atomic E-state index is 0.589. The number of unbranched alkanes of at least 4 members (excludes halogenated alkanes) is 1. The maximum absolute atomic E-state index is 12.7. The molecule has 0 fully saturated rings. The van der Waals surface area contributed by atoms with Crippen LogP contribution in [0.15, 0.2) is 18.2 Å². The maximum atomic E-state index is 12.7. The van der Waals surface area contributed by atoms with Crippen LogP contribution in [0.2, 0.25) is 0 Å². The molecule has 0 bridgehead atoms. The molecule has 1 N–H and O–H groups in total. The van der Waals surface area contributed by atoms with Gasteiger partial charge in [-0.05, 0) is 30.7 Å². The summed E-state index contributed by atoms with van der Waals surface area (Å²) in [5.74, 6) is 0. The molecule has 108 valence electrons. The van der Waals surface area contributed by atoms with E-state index < -0.39 is 11.7 Å². The van der Waals surface area contributed by atoms with Crippen LogP contribution < -0.4 is 10.2 Å². The summed E-state index contributed by atoms with van der Waals surface area (Å²) in [6, 6.07) is 3.90. The molecule has 1 aromatic rings. The number of nitrogens with one attached hydrogen (secondary N) is 1. The smallest absolute Gasteiger partial charge is 0.377 e. The average molecular weight is 274 g/mol.